The Morgan fingerprint density at radius 1 is 1.25 bits per heavy atom. The highest BCUT2D eigenvalue weighted by Crippen LogP contribution is 2.02. The van der Waals surface area contributed by atoms with E-state index >= 15 is 0 Å². The number of aromatic nitrogens is 3. The fourth-order valence-electron chi connectivity index (χ4n) is 1.38. The molecule has 0 aliphatic carbocycles. The van der Waals surface area contributed by atoms with Crippen LogP contribution in [-0.2, 0) is 16.1 Å². The third kappa shape index (κ3) is 1.90. The normalized spacial score (nSPS) is 15.8. The van der Waals surface area contributed by atoms with Crippen molar-refractivity contribution in [2.75, 3.05) is 6.54 Å². The molecule has 0 bridgehead atoms. The van der Waals surface area contributed by atoms with Crippen molar-refractivity contribution in [1.82, 2.24) is 25.2 Å². The minimum absolute atomic E-state index is 0.191. The van der Waals surface area contributed by atoms with Gasteiger partial charge in [-0.05, 0) is 6.42 Å². The van der Waals surface area contributed by atoms with E-state index in [-0.39, 0.29) is 6.54 Å². The molecule has 0 spiro atoms. The summed E-state index contributed by atoms with van der Waals surface area (Å²) < 4.78 is 1.58. The zero-order valence-corrected chi connectivity index (χ0v) is 8.29. The summed E-state index contributed by atoms with van der Waals surface area (Å²) in [5, 5.41) is 9.27. The summed E-state index contributed by atoms with van der Waals surface area (Å²) in [6, 6.07) is -0.659. The molecule has 0 radical (unpaired) electrons. The molecule has 1 fully saturated rings. The number of hydrogen-bond acceptors (Lipinski definition) is 5. The maximum atomic E-state index is 11.2. The second kappa shape index (κ2) is 4.09. The highest BCUT2D eigenvalue weighted by molar-refractivity contribution is 6.44. The first-order valence-electron chi connectivity index (χ1n) is 4.69. The van der Waals surface area contributed by atoms with Crippen LogP contribution in [0.5, 0.6) is 0 Å². The molecule has 0 unspecified atom stereocenters. The van der Waals surface area contributed by atoms with Gasteiger partial charge in [-0.1, -0.05) is 5.21 Å². The predicted molar refractivity (Wildman–Crippen MR) is 49.9 cm³/mol. The van der Waals surface area contributed by atoms with Gasteiger partial charge in [0.25, 0.3) is 0 Å². The van der Waals surface area contributed by atoms with Crippen molar-refractivity contribution in [1.29, 1.82) is 0 Å². The Morgan fingerprint density at radius 3 is 2.62 bits per heavy atom. The van der Waals surface area contributed by atoms with Crippen LogP contribution in [0, 0.1) is 0 Å². The van der Waals surface area contributed by atoms with Crippen LogP contribution in [0.25, 0.3) is 0 Å². The zero-order chi connectivity index (χ0) is 11.5. The van der Waals surface area contributed by atoms with Crippen LogP contribution in [0.15, 0.2) is 12.4 Å². The Hall–Kier alpha value is -2.25. The van der Waals surface area contributed by atoms with Crippen molar-refractivity contribution in [3.05, 3.63) is 12.4 Å². The summed E-state index contributed by atoms with van der Waals surface area (Å²) in [7, 11) is 0. The first-order valence-corrected chi connectivity index (χ1v) is 4.69. The molecule has 8 heteroatoms. The van der Waals surface area contributed by atoms with E-state index in [9.17, 15) is 14.4 Å². The van der Waals surface area contributed by atoms with Crippen molar-refractivity contribution in [3.63, 3.8) is 0 Å². The Balaban J connectivity index is 1.84. The molecule has 1 saturated heterocycles. The molecule has 8 nitrogen and oxygen atoms in total. The average molecular weight is 223 g/mol. The SMILES string of the molecule is O=C1NC(=O)N(CCCn2ccnn2)C1=O. The molecule has 1 aromatic rings. The Bertz CT molecular complexity index is 427. The smallest absolute Gasteiger partial charge is 0.269 e. The number of hydrogen-bond donors (Lipinski definition) is 1. The number of carbonyl (C=O) groups is 3. The lowest BCUT2D eigenvalue weighted by molar-refractivity contribution is -0.140. The van der Waals surface area contributed by atoms with Gasteiger partial charge in [-0.3, -0.25) is 24.5 Å². The molecule has 0 aromatic carbocycles. The number of nitrogens with one attached hydrogen (secondary N) is 1. The van der Waals surface area contributed by atoms with Gasteiger partial charge in [0.15, 0.2) is 0 Å². The molecule has 1 aliphatic heterocycles. The highest BCUT2D eigenvalue weighted by Gasteiger charge is 2.36. The second-order valence-corrected chi connectivity index (χ2v) is 3.24. The number of aryl methyl sites for hydroxylation is 1. The number of rotatable bonds is 4. The van der Waals surface area contributed by atoms with Crippen LogP contribution < -0.4 is 5.32 Å². The van der Waals surface area contributed by atoms with E-state index in [4.69, 9.17) is 0 Å². The second-order valence-electron chi connectivity index (χ2n) is 3.24. The van der Waals surface area contributed by atoms with E-state index in [1.165, 1.54) is 6.20 Å². The zero-order valence-electron chi connectivity index (χ0n) is 8.29. The van der Waals surface area contributed by atoms with E-state index in [1.807, 2.05) is 5.32 Å². The van der Waals surface area contributed by atoms with E-state index < -0.39 is 17.8 Å². The van der Waals surface area contributed by atoms with Crippen LogP contribution in [0.1, 0.15) is 6.42 Å². The topological polar surface area (TPSA) is 97.2 Å². The van der Waals surface area contributed by atoms with Gasteiger partial charge in [-0.2, -0.15) is 0 Å². The fraction of sp³-hybridized carbons (Fsp3) is 0.375. The van der Waals surface area contributed by atoms with E-state index in [0.717, 1.165) is 4.90 Å². The lowest BCUT2D eigenvalue weighted by Crippen LogP contribution is -2.32. The minimum atomic E-state index is -0.870. The van der Waals surface area contributed by atoms with Gasteiger partial charge >= 0.3 is 17.8 Å². The van der Waals surface area contributed by atoms with Gasteiger partial charge in [-0.25, -0.2) is 4.79 Å². The molecule has 0 atom stereocenters. The largest absolute Gasteiger partial charge is 0.331 e. The Morgan fingerprint density at radius 2 is 2.06 bits per heavy atom. The summed E-state index contributed by atoms with van der Waals surface area (Å²) in [6.45, 7) is 0.724. The van der Waals surface area contributed by atoms with Crippen molar-refractivity contribution >= 4 is 17.8 Å². The summed E-state index contributed by atoms with van der Waals surface area (Å²) in [6.07, 6.45) is 3.74. The van der Waals surface area contributed by atoms with Crippen molar-refractivity contribution in [2.45, 2.75) is 13.0 Å². The van der Waals surface area contributed by atoms with Crippen LogP contribution in [-0.4, -0.2) is 44.3 Å². The molecule has 4 amide bonds. The van der Waals surface area contributed by atoms with Crippen LogP contribution >= 0.6 is 0 Å². The van der Waals surface area contributed by atoms with Gasteiger partial charge in [0.2, 0.25) is 0 Å². The number of imide groups is 2. The molecular formula is C8H9N5O3. The van der Waals surface area contributed by atoms with Crippen LogP contribution in [0.3, 0.4) is 0 Å². The lowest BCUT2D eigenvalue weighted by Gasteiger charge is -2.10. The number of amides is 4. The molecule has 0 saturated carbocycles. The maximum absolute atomic E-state index is 11.2. The first kappa shape index (κ1) is 10.3. The molecule has 2 heterocycles. The molecule has 1 aromatic heterocycles. The summed E-state index contributed by atoms with van der Waals surface area (Å²) in [5.41, 5.74) is 0. The molecule has 1 aliphatic rings. The van der Waals surface area contributed by atoms with E-state index in [2.05, 4.69) is 10.3 Å². The average Bonchev–Trinajstić information content (AvgIpc) is 2.82. The fourth-order valence-corrected chi connectivity index (χ4v) is 1.38. The predicted octanol–water partition coefficient (Wildman–Crippen LogP) is -1.25. The van der Waals surface area contributed by atoms with Gasteiger partial charge < -0.3 is 0 Å². The number of nitrogens with zero attached hydrogens (tertiary/aromatic N) is 4. The summed E-state index contributed by atoms with van der Waals surface area (Å²) in [4.78, 5) is 34.0. The monoisotopic (exact) mass is 223 g/mol. The maximum Gasteiger partial charge on any atom is 0.331 e. The molecule has 84 valence electrons. The Kier molecular flexibility index (Phi) is 2.63. The van der Waals surface area contributed by atoms with Crippen molar-refractivity contribution < 1.29 is 14.4 Å². The minimum Gasteiger partial charge on any atom is -0.269 e. The van der Waals surface area contributed by atoms with Crippen LogP contribution in [0.4, 0.5) is 4.79 Å². The summed E-state index contributed by atoms with van der Waals surface area (Å²) in [5.74, 6) is -1.67. The number of carbonyl (C=O) groups excluding carboxylic acids is 3. The standard InChI is InChI=1S/C8H9N5O3/c14-6-7(15)13(8(16)10-6)4-1-3-12-5-2-9-11-12/h2,5H,1,3-4H2,(H,10,14,16). The quantitative estimate of drug-likeness (QED) is 0.508. The summed E-state index contributed by atoms with van der Waals surface area (Å²) >= 11 is 0. The third-order valence-corrected chi connectivity index (χ3v) is 2.15. The third-order valence-electron chi connectivity index (χ3n) is 2.15. The molecule has 2 rings (SSSR count). The van der Waals surface area contributed by atoms with Gasteiger partial charge in [0, 0.05) is 19.3 Å². The molecule has 1 N–H and O–H groups in total. The van der Waals surface area contributed by atoms with Crippen LogP contribution in [0.2, 0.25) is 0 Å². The van der Waals surface area contributed by atoms with Gasteiger partial charge in [0.1, 0.15) is 0 Å². The van der Waals surface area contributed by atoms with Crippen molar-refractivity contribution in [3.8, 4) is 0 Å². The van der Waals surface area contributed by atoms with Gasteiger partial charge in [0.05, 0.1) is 6.20 Å². The highest BCUT2D eigenvalue weighted by atomic mass is 16.2. The van der Waals surface area contributed by atoms with E-state index in [1.54, 1.807) is 10.9 Å². The van der Waals surface area contributed by atoms with Gasteiger partial charge in [-0.15, -0.1) is 5.10 Å². The van der Waals surface area contributed by atoms with E-state index in [0.29, 0.717) is 13.0 Å². The number of urea groups is 1. The van der Waals surface area contributed by atoms with Crippen molar-refractivity contribution in [2.24, 2.45) is 0 Å². The molecular weight excluding hydrogens is 214 g/mol. The Labute approximate surface area is 90.2 Å². The lowest BCUT2D eigenvalue weighted by atomic mass is 10.4. The molecule has 16 heavy (non-hydrogen) atoms. The first-order chi connectivity index (χ1) is 7.68.